The van der Waals surface area contributed by atoms with Crippen LogP contribution in [0.5, 0.6) is 0 Å². The molecule has 1 fully saturated rings. The molecule has 6 nitrogen and oxygen atoms in total. The van der Waals surface area contributed by atoms with Crippen LogP contribution in [0.25, 0.3) is 5.65 Å². The minimum absolute atomic E-state index is 0.279. The SMILES string of the molecule is Cc1ccc2nc(CN3CCC(C(O)c4nccn4C)CC3)cn2c1. The van der Waals surface area contributed by atoms with Gasteiger partial charge in [-0.25, -0.2) is 9.97 Å². The minimum Gasteiger partial charge on any atom is -0.385 e. The molecule has 0 amide bonds. The molecule has 0 bridgehead atoms. The smallest absolute Gasteiger partial charge is 0.137 e. The van der Waals surface area contributed by atoms with E-state index >= 15 is 0 Å². The molecule has 3 aromatic heterocycles. The number of imidazole rings is 2. The van der Waals surface area contributed by atoms with E-state index in [1.165, 1.54) is 5.56 Å². The maximum Gasteiger partial charge on any atom is 0.137 e. The number of hydrogen-bond acceptors (Lipinski definition) is 4. The topological polar surface area (TPSA) is 58.6 Å². The molecule has 3 aromatic rings. The summed E-state index contributed by atoms with van der Waals surface area (Å²) in [7, 11) is 1.94. The zero-order chi connectivity index (χ0) is 17.4. The van der Waals surface area contributed by atoms with E-state index in [1.54, 1.807) is 6.20 Å². The standard InChI is InChI=1S/C19H25N5O/c1-14-3-4-17-21-16(13-24(17)11-14)12-23-8-5-15(6-9-23)18(25)19-20-7-10-22(19)2/h3-4,7,10-11,13,15,18,25H,5-6,8-9,12H2,1-2H3. The summed E-state index contributed by atoms with van der Waals surface area (Å²) >= 11 is 0. The van der Waals surface area contributed by atoms with Gasteiger partial charge in [-0.3, -0.25) is 4.90 Å². The van der Waals surface area contributed by atoms with Crippen LogP contribution in [-0.2, 0) is 13.6 Å². The van der Waals surface area contributed by atoms with Crippen LogP contribution in [0.3, 0.4) is 0 Å². The van der Waals surface area contributed by atoms with Gasteiger partial charge < -0.3 is 14.1 Å². The van der Waals surface area contributed by atoms with Crippen molar-refractivity contribution in [3.63, 3.8) is 0 Å². The molecule has 4 rings (SSSR count). The van der Waals surface area contributed by atoms with Crippen LogP contribution in [-0.4, -0.2) is 42.0 Å². The first-order valence-corrected chi connectivity index (χ1v) is 8.92. The number of aliphatic hydroxyl groups is 1. The normalized spacial score (nSPS) is 18.0. The summed E-state index contributed by atoms with van der Waals surface area (Å²) in [5, 5.41) is 10.6. The second-order valence-electron chi connectivity index (χ2n) is 7.16. The van der Waals surface area contributed by atoms with Gasteiger partial charge in [-0.05, 0) is 50.4 Å². The number of nitrogens with zero attached hydrogens (tertiary/aromatic N) is 5. The van der Waals surface area contributed by atoms with Gasteiger partial charge in [-0.15, -0.1) is 0 Å². The summed E-state index contributed by atoms with van der Waals surface area (Å²) in [5.41, 5.74) is 3.34. The lowest BCUT2D eigenvalue weighted by molar-refractivity contribution is 0.0489. The number of pyridine rings is 1. The molecule has 1 aliphatic rings. The van der Waals surface area contributed by atoms with Crippen LogP contribution >= 0.6 is 0 Å². The van der Waals surface area contributed by atoms with Crippen LogP contribution in [0.4, 0.5) is 0 Å². The molecule has 1 saturated heterocycles. The van der Waals surface area contributed by atoms with E-state index in [-0.39, 0.29) is 5.92 Å². The number of aliphatic hydroxyl groups excluding tert-OH is 1. The van der Waals surface area contributed by atoms with E-state index in [9.17, 15) is 5.11 Å². The Morgan fingerprint density at radius 1 is 1.24 bits per heavy atom. The van der Waals surface area contributed by atoms with Crippen LogP contribution in [0.15, 0.2) is 36.9 Å². The molecule has 0 saturated carbocycles. The quantitative estimate of drug-likeness (QED) is 0.792. The number of fused-ring (bicyclic) bond motifs is 1. The van der Waals surface area contributed by atoms with Gasteiger partial charge in [-0.1, -0.05) is 6.07 Å². The summed E-state index contributed by atoms with van der Waals surface area (Å²) in [6, 6.07) is 4.16. The molecule has 1 unspecified atom stereocenters. The van der Waals surface area contributed by atoms with Gasteiger partial charge in [0.1, 0.15) is 17.6 Å². The maximum absolute atomic E-state index is 10.6. The first-order valence-electron chi connectivity index (χ1n) is 8.92. The molecule has 0 spiro atoms. The molecule has 1 aliphatic heterocycles. The van der Waals surface area contributed by atoms with Crippen LogP contribution in [0.2, 0.25) is 0 Å². The summed E-state index contributed by atoms with van der Waals surface area (Å²) in [5.74, 6) is 1.05. The fourth-order valence-electron chi connectivity index (χ4n) is 3.76. The molecule has 0 radical (unpaired) electrons. The average Bonchev–Trinajstić information content (AvgIpc) is 3.20. The molecule has 4 heterocycles. The second kappa shape index (κ2) is 6.61. The van der Waals surface area contributed by atoms with Gasteiger partial charge in [-0.2, -0.15) is 0 Å². The number of aryl methyl sites for hydroxylation is 2. The van der Waals surface area contributed by atoms with Crippen molar-refractivity contribution in [1.29, 1.82) is 0 Å². The molecule has 1 atom stereocenters. The molecule has 132 valence electrons. The lowest BCUT2D eigenvalue weighted by atomic mass is 9.90. The second-order valence-corrected chi connectivity index (χ2v) is 7.16. The van der Waals surface area contributed by atoms with Crippen molar-refractivity contribution in [2.45, 2.75) is 32.4 Å². The Labute approximate surface area is 147 Å². The highest BCUT2D eigenvalue weighted by atomic mass is 16.3. The zero-order valence-corrected chi connectivity index (χ0v) is 14.8. The highest BCUT2D eigenvalue weighted by molar-refractivity contribution is 5.41. The van der Waals surface area contributed by atoms with Crippen molar-refractivity contribution in [2.24, 2.45) is 13.0 Å². The minimum atomic E-state index is -0.472. The van der Waals surface area contributed by atoms with E-state index in [4.69, 9.17) is 4.98 Å². The Morgan fingerprint density at radius 3 is 2.76 bits per heavy atom. The van der Waals surface area contributed by atoms with Crippen molar-refractivity contribution < 1.29 is 5.11 Å². The van der Waals surface area contributed by atoms with Crippen molar-refractivity contribution in [2.75, 3.05) is 13.1 Å². The van der Waals surface area contributed by atoms with Crippen LogP contribution in [0, 0.1) is 12.8 Å². The van der Waals surface area contributed by atoms with Gasteiger partial charge in [0.15, 0.2) is 0 Å². The Balaban J connectivity index is 1.37. The van der Waals surface area contributed by atoms with Crippen molar-refractivity contribution in [1.82, 2.24) is 23.8 Å². The Hall–Kier alpha value is -2.18. The highest BCUT2D eigenvalue weighted by Crippen LogP contribution is 2.30. The highest BCUT2D eigenvalue weighted by Gasteiger charge is 2.28. The summed E-state index contributed by atoms with van der Waals surface area (Å²) < 4.78 is 4.01. The maximum atomic E-state index is 10.6. The molecule has 1 N–H and O–H groups in total. The lowest BCUT2D eigenvalue weighted by Crippen LogP contribution is -2.35. The number of rotatable bonds is 4. The Bertz CT molecular complexity index is 860. The van der Waals surface area contributed by atoms with Gasteiger partial charge in [0.2, 0.25) is 0 Å². The van der Waals surface area contributed by atoms with Crippen molar-refractivity contribution in [3.05, 3.63) is 54.0 Å². The third-order valence-electron chi connectivity index (χ3n) is 5.24. The van der Waals surface area contributed by atoms with Crippen molar-refractivity contribution >= 4 is 5.65 Å². The Morgan fingerprint density at radius 2 is 2.04 bits per heavy atom. The molecule has 0 aromatic carbocycles. The third-order valence-corrected chi connectivity index (χ3v) is 5.24. The summed E-state index contributed by atoms with van der Waals surface area (Å²) in [4.78, 5) is 11.4. The van der Waals surface area contributed by atoms with Crippen LogP contribution in [0.1, 0.15) is 36.0 Å². The van der Waals surface area contributed by atoms with E-state index in [0.29, 0.717) is 0 Å². The number of piperidine rings is 1. The lowest BCUT2D eigenvalue weighted by Gasteiger charge is -2.33. The fourth-order valence-corrected chi connectivity index (χ4v) is 3.76. The summed E-state index contributed by atoms with van der Waals surface area (Å²) in [6.45, 7) is 4.93. The molecule has 25 heavy (non-hydrogen) atoms. The van der Waals surface area contributed by atoms with Gasteiger partial charge in [0.05, 0.1) is 5.69 Å². The predicted molar refractivity (Wildman–Crippen MR) is 96.1 cm³/mol. The molecule has 6 heteroatoms. The van der Waals surface area contributed by atoms with Gasteiger partial charge in [0.25, 0.3) is 0 Å². The number of hydrogen-bond donors (Lipinski definition) is 1. The van der Waals surface area contributed by atoms with Gasteiger partial charge in [0, 0.05) is 38.4 Å². The third kappa shape index (κ3) is 3.32. The first kappa shape index (κ1) is 16.3. The van der Waals surface area contributed by atoms with E-state index < -0.39 is 6.10 Å². The molecular formula is C19H25N5O. The average molecular weight is 339 g/mol. The Kier molecular flexibility index (Phi) is 4.31. The number of likely N-dealkylation sites (tertiary alicyclic amines) is 1. The van der Waals surface area contributed by atoms with E-state index in [1.807, 2.05) is 17.8 Å². The summed E-state index contributed by atoms with van der Waals surface area (Å²) in [6.07, 6.45) is 9.37. The van der Waals surface area contributed by atoms with E-state index in [2.05, 4.69) is 45.7 Å². The number of aromatic nitrogens is 4. The molecular weight excluding hydrogens is 314 g/mol. The zero-order valence-electron chi connectivity index (χ0n) is 14.8. The van der Waals surface area contributed by atoms with Gasteiger partial charge >= 0.3 is 0 Å². The fraction of sp³-hybridized carbons (Fsp3) is 0.474. The predicted octanol–water partition coefficient (Wildman–Crippen LogP) is 2.32. The van der Waals surface area contributed by atoms with E-state index in [0.717, 1.165) is 49.6 Å². The van der Waals surface area contributed by atoms with Crippen LogP contribution < -0.4 is 0 Å². The van der Waals surface area contributed by atoms with Crippen molar-refractivity contribution in [3.8, 4) is 0 Å². The monoisotopic (exact) mass is 339 g/mol. The largest absolute Gasteiger partial charge is 0.385 e. The molecule has 0 aliphatic carbocycles. The first-order chi connectivity index (χ1) is 12.1.